The van der Waals surface area contributed by atoms with Crippen LogP contribution >= 0.6 is 0 Å². The fourth-order valence-corrected chi connectivity index (χ4v) is 0.0642. The summed E-state index contributed by atoms with van der Waals surface area (Å²) in [6.45, 7) is 5.11. The molecule has 1 saturated carbocycles. The molecule has 0 heterocycles. The smallest absolute Gasteiger partial charge is 0.0312 e. The molecule has 0 aromatic heterocycles. The van der Waals surface area contributed by atoms with E-state index >= 15 is 0 Å². The molecule has 0 amide bonds. The van der Waals surface area contributed by atoms with Crippen molar-refractivity contribution in [1.29, 1.82) is 0 Å². The maximum atomic E-state index is 5.11. The third-order valence-corrected chi connectivity index (χ3v) is 0.415. The average Bonchev–Trinajstić information content (AvgIpc) is 1.75. The molecule has 0 atom stereocenters. The summed E-state index contributed by atoms with van der Waals surface area (Å²) in [5.41, 5.74) is 0. The lowest BCUT2D eigenvalue weighted by molar-refractivity contribution is 1.26. The lowest BCUT2D eigenvalue weighted by atomic mass is 10.5. The van der Waals surface area contributed by atoms with Gasteiger partial charge < -0.3 is 0 Å². The Labute approximate surface area is 26.8 Å². The summed E-state index contributed by atoms with van der Waals surface area (Å²) >= 11 is 0. The Kier molecular flexibility index (Phi) is 0.270. The monoisotopic (exact) mass is 52.0 g/mol. The molecule has 0 aromatic carbocycles. The Hall–Kier alpha value is 0. The molecule has 1 aliphatic carbocycles. The third-order valence-electron chi connectivity index (χ3n) is 0.415. The van der Waals surface area contributed by atoms with E-state index in [0.29, 0.717) is 5.92 Å². The summed E-state index contributed by atoms with van der Waals surface area (Å²) in [7, 11) is 0. The molecule has 0 aromatic rings. The van der Waals surface area contributed by atoms with E-state index in [2.05, 4.69) is 0 Å². The molecule has 0 bridgehead atoms. The SMILES string of the molecule is [CH]C1[CH][CH]1. The van der Waals surface area contributed by atoms with Gasteiger partial charge in [0.15, 0.2) is 0 Å². The van der Waals surface area contributed by atoms with Crippen LogP contribution in [-0.4, -0.2) is 0 Å². The van der Waals surface area contributed by atoms with Gasteiger partial charge >= 0.3 is 0 Å². The van der Waals surface area contributed by atoms with Crippen molar-refractivity contribution in [3.63, 3.8) is 0 Å². The van der Waals surface area contributed by atoms with Gasteiger partial charge in [-0.25, -0.2) is 0 Å². The molecule has 4 heavy (non-hydrogen) atoms. The van der Waals surface area contributed by atoms with Crippen LogP contribution in [0.1, 0.15) is 0 Å². The predicted molar refractivity (Wildman–Crippen MR) is 16.4 cm³/mol. The van der Waals surface area contributed by atoms with Crippen LogP contribution < -0.4 is 0 Å². The minimum Gasteiger partial charge on any atom is -0.0312 e. The predicted octanol–water partition coefficient (Wildman–Crippen LogP) is 0.736. The summed E-state index contributed by atoms with van der Waals surface area (Å²) in [5, 5.41) is 0. The van der Waals surface area contributed by atoms with E-state index in [1.165, 1.54) is 0 Å². The van der Waals surface area contributed by atoms with Gasteiger partial charge in [0.05, 0.1) is 0 Å². The molecular formula is C4H4. The third kappa shape index (κ3) is 0.222. The molecule has 0 aliphatic heterocycles. The van der Waals surface area contributed by atoms with E-state index < -0.39 is 0 Å². The Morgan fingerprint density at radius 3 is 1.75 bits per heavy atom. The fraction of sp³-hybridized carbons (Fsp3) is 0.250. The maximum Gasteiger partial charge on any atom is -0.0312 e. The second kappa shape index (κ2) is 0.480. The lowest BCUT2D eigenvalue weighted by Crippen LogP contribution is -1.45. The number of hydrogen-bond acceptors (Lipinski definition) is 0. The van der Waals surface area contributed by atoms with Crippen molar-refractivity contribution in [2.24, 2.45) is 5.92 Å². The van der Waals surface area contributed by atoms with Crippen LogP contribution in [0.25, 0.3) is 0 Å². The summed E-state index contributed by atoms with van der Waals surface area (Å²) in [5.74, 6) is 0.333. The van der Waals surface area contributed by atoms with Crippen molar-refractivity contribution < 1.29 is 0 Å². The van der Waals surface area contributed by atoms with E-state index in [9.17, 15) is 0 Å². The first-order valence-corrected chi connectivity index (χ1v) is 1.33. The van der Waals surface area contributed by atoms with Crippen molar-refractivity contribution in [3.8, 4) is 0 Å². The van der Waals surface area contributed by atoms with Crippen molar-refractivity contribution >= 4 is 0 Å². The zero-order valence-corrected chi connectivity index (χ0v) is 2.31. The molecule has 1 aliphatic rings. The van der Waals surface area contributed by atoms with Gasteiger partial charge in [0.25, 0.3) is 0 Å². The Morgan fingerprint density at radius 1 is 1.50 bits per heavy atom. The molecule has 0 spiro atoms. The highest BCUT2D eigenvalue weighted by atomic mass is 14.2. The highest BCUT2D eigenvalue weighted by Crippen LogP contribution is 2.22. The first-order valence-electron chi connectivity index (χ1n) is 1.33. The maximum absolute atomic E-state index is 5.11. The summed E-state index contributed by atoms with van der Waals surface area (Å²) in [4.78, 5) is 0. The molecule has 1 rings (SSSR count). The van der Waals surface area contributed by atoms with Crippen LogP contribution in [0, 0.1) is 25.7 Å². The van der Waals surface area contributed by atoms with E-state index in [1.54, 1.807) is 0 Å². The second-order valence-corrected chi connectivity index (χ2v) is 0.962. The lowest BCUT2D eigenvalue weighted by Gasteiger charge is -1.51. The van der Waals surface area contributed by atoms with Crippen molar-refractivity contribution in [2.75, 3.05) is 0 Å². The molecular weight excluding hydrogens is 48.0 g/mol. The van der Waals surface area contributed by atoms with E-state index in [-0.39, 0.29) is 0 Å². The second-order valence-electron chi connectivity index (χ2n) is 0.962. The Morgan fingerprint density at radius 2 is 1.75 bits per heavy atom. The van der Waals surface area contributed by atoms with Gasteiger partial charge in [0.2, 0.25) is 0 Å². The van der Waals surface area contributed by atoms with Crippen LogP contribution in [-0.2, 0) is 0 Å². The van der Waals surface area contributed by atoms with Crippen molar-refractivity contribution in [2.45, 2.75) is 0 Å². The van der Waals surface area contributed by atoms with Gasteiger partial charge in [-0.2, -0.15) is 0 Å². The van der Waals surface area contributed by atoms with Crippen LogP contribution in [0.15, 0.2) is 0 Å². The largest absolute Gasteiger partial charge is 0.0312 e. The van der Waals surface area contributed by atoms with Crippen LogP contribution in [0.3, 0.4) is 0 Å². The number of rotatable bonds is 0. The van der Waals surface area contributed by atoms with E-state index in [4.69, 9.17) is 6.92 Å². The molecule has 0 unspecified atom stereocenters. The van der Waals surface area contributed by atoms with Gasteiger partial charge in [0, 0.05) is 0 Å². The first-order chi connectivity index (χ1) is 1.89. The zero-order chi connectivity index (χ0) is 2.99. The molecule has 20 valence electrons. The molecule has 0 N–H and O–H groups in total. The minimum absolute atomic E-state index is 0.333. The highest BCUT2D eigenvalue weighted by Gasteiger charge is 2.14. The molecule has 0 nitrogen and oxygen atoms in total. The van der Waals surface area contributed by atoms with Crippen LogP contribution in [0.5, 0.6) is 0 Å². The van der Waals surface area contributed by atoms with Crippen LogP contribution in [0.2, 0.25) is 0 Å². The highest BCUT2D eigenvalue weighted by molar-refractivity contribution is 5.15. The zero-order valence-electron chi connectivity index (χ0n) is 2.31. The van der Waals surface area contributed by atoms with Gasteiger partial charge in [-0.05, 0) is 25.7 Å². The minimum atomic E-state index is 0.333. The fourth-order valence-electron chi connectivity index (χ4n) is 0.0642. The van der Waals surface area contributed by atoms with Crippen molar-refractivity contribution in [1.82, 2.24) is 0 Å². The van der Waals surface area contributed by atoms with Crippen molar-refractivity contribution in [3.05, 3.63) is 19.8 Å². The average molecular weight is 52.1 g/mol. The quantitative estimate of drug-likeness (QED) is 0.381. The number of hydrogen-bond donors (Lipinski definition) is 0. The Bertz CT molecular complexity index is 19.2. The summed E-state index contributed by atoms with van der Waals surface area (Å²) in [6.07, 6.45) is 3.89. The van der Waals surface area contributed by atoms with Gasteiger partial charge in [0.1, 0.15) is 0 Å². The van der Waals surface area contributed by atoms with Gasteiger partial charge in [-0.3, -0.25) is 0 Å². The topological polar surface area (TPSA) is 0 Å². The molecule has 4 radical (unpaired) electrons. The molecule has 0 saturated heterocycles. The normalized spacial score (nSPS) is 26.2. The van der Waals surface area contributed by atoms with E-state index in [1.807, 2.05) is 12.8 Å². The first kappa shape index (κ1) is 2.25. The molecule has 0 heteroatoms. The van der Waals surface area contributed by atoms with Gasteiger partial charge in [-0.15, -0.1) is 0 Å². The standard InChI is InChI=1S/C4H4/c1-4-2-3-4/h1-4H. The summed E-state index contributed by atoms with van der Waals surface area (Å²) in [6, 6.07) is 0. The van der Waals surface area contributed by atoms with E-state index in [0.717, 1.165) is 0 Å². The molecule has 1 fully saturated rings. The van der Waals surface area contributed by atoms with Crippen LogP contribution in [0.4, 0.5) is 0 Å². The Balaban J connectivity index is 2.17. The summed E-state index contributed by atoms with van der Waals surface area (Å²) < 4.78 is 0. The van der Waals surface area contributed by atoms with Gasteiger partial charge in [-0.1, -0.05) is 0 Å².